The van der Waals surface area contributed by atoms with Gasteiger partial charge < -0.3 is 9.47 Å². The van der Waals surface area contributed by atoms with Crippen molar-refractivity contribution in [3.8, 4) is 0 Å². The Morgan fingerprint density at radius 2 is 1.10 bits per heavy atom. The van der Waals surface area contributed by atoms with Gasteiger partial charge >= 0.3 is 11.9 Å². The molecule has 1 aliphatic heterocycles. The normalized spacial score (nSPS) is 22.8. The highest BCUT2D eigenvalue weighted by Gasteiger charge is 2.49. The summed E-state index contributed by atoms with van der Waals surface area (Å²) >= 11 is 0. The molecule has 1 saturated heterocycles. The molecule has 21 heavy (non-hydrogen) atoms. The second-order valence-corrected chi connectivity index (χ2v) is 7.01. The van der Waals surface area contributed by atoms with E-state index < -0.39 is 46.8 Å². The molecule has 0 unspecified atom stereocenters. The smallest absolute Gasteiger partial charge is 0.312 e. The van der Waals surface area contributed by atoms with Crippen LogP contribution in [-0.2, 0) is 28.7 Å². The average Bonchev–Trinajstić information content (AvgIpc) is 2.53. The zero-order chi connectivity index (χ0) is 16.6. The van der Waals surface area contributed by atoms with E-state index in [2.05, 4.69) is 0 Å². The Bertz CT molecular complexity index is 439. The summed E-state index contributed by atoms with van der Waals surface area (Å²) in [4.78, 5) is 47.1. The van der Waals surface area contributed by atoms with E-state index in [0.29, 0.717) is 0 Å². The van der Waals surface area contributed by atoms with Gasteiger partial charge in [0.15, 0.2) is 0 Å². The van der Waals surface area contributed by atoms with Gasteiger partial charge in [0, 0.05) is 0 Å². The molecule has 1 aliphatic rings. The van der Waals surface area contributed by atoms with Crippen molar-refractivity contribution in [2.24, 2.45) is 10.8 Å². The molecule has 0 saturated carbocycles. The molecule has 7 nitrogen and oxygen atoms in total. The lowest BCUT2D eigenvalue weighted by Crippen LogP contribution is -2.42. The summed E-state index contributed by atoms with van der Waals surface area (Å²) in [7, 11) is 0. The summed E-state index contributed by atoms with van der Waals surface area (Å²) in [6.45, 7) is 9.67. The zero-order valence-electron chi connectivity index (χ0n) is 13.1. The quantitative estimate of drug-likeness (QED) is 0.591. The number of imide groups is 1. The van der Waals surface area contributed by atoms with Crippen LogP contribution in [0.1, 0.15) is 41.5 Å². The van der Waals surface area contributed by atoms with Gasteiger partial charge in [0.1, 0.15) is 0 Å². The Morgan fingerprint density at radius 1 is 0.810 bits per heavy atom. The van der Waals surface area contributed by atoms with Crippen molar-refractivity contribution in [1.29, 1.82) is 0 Å². The number of hydrogen-bond donors (Lipinski definition) is 1. The fraction of sp³-hybridized carbons (Fsp3) is 0.714. The van der Waals surface area contributed by atoms with Crippen LogP contribution in [0.5, 0.6) is 0 Å². The summed E-state index contributed by atoms with van der Waals surface area (Å²) in [5.41, 5.74) is -1.69. The second kappa shape index (κ2) is 5.46. The van der Waals surface area contributed by atoms with Gasteiger partial charge in [-0.15, -0.1) is 0 Å². The van der Waals surface area contributed by atoms with Crippen molar-refractivity contribution in [1.82, 2.24) is 5.32 Å². The van der Waals surface area contributed by atoms with Gasteiger partial charge in [-0.25, -0.2) is 0 Å². The van der Waals surface area contributed by atoms with Crippen molar-refractivity contribution in [2.45, 2.75) is 53.8 Å². The van der Waals surface area contributed by atoms with E-state index in [1.165, 1.54) is 0 Å². The van der Waals surface area contributed by atoms with Crippen molar-refractivity contribution in [2.75, 3.05) is 0 Å². The van der Waals surface area contributed by atoms with Gasteiger partial charge in [-0.1, -0.05) is 0 Å². The lowest BCUT2D eigenvalue weighted by molar-refractivity contribution is -0.178. The average molecular weight is 299 g/mol. The summed E-state index contributed by atoms with van der Waals surface area (Å²) in [5, 5.41) is 2.00. The van der Waals surface area contributed by atoms with E-state index in [0.717, 1.165) is 0 Å². The Hall–Kier alpha value is -1.92. The molecule has 2 amide bonds. The van der Waals surface area contributed by atoms with Crippen LogP contribution in [-0.4, -0.2) is 36.0 Å². The van der Waals surface area contributed by atoms with Crippen molar-refractivity contribution < 1.29 is 28.7 Å². The molecule has 1 N–H and O–H groups in total. The lowest BCUT2D eigenvalue weighted by Gasteiger charge is -2.24. The molecule has 0 aromatic carbocycles. The van der Waals surface area contributed by atoms with E-state index in [1.807, 2.05) is 5.32 Å². The molecule has 0 aliphatic carbocycles. The number of esters is 2. The fourth-order valence-corrected chi connectivity index (χ4v) is 1.35. The number of amides is 2. The highest BCUT2D eigenvalue weighted by molar-refractivity contribution is 6.09. The van der Waals surface area contributed by atoms with Gasteiger partial charge in [0.25, 0.3) is 11.8 Å². The van der Waals surface area contributed by atoms with Crippen molar-refractivity contribution in [3.63, 3.8) is 0 Å². The molecule has 1 fully saturated rings. The first-order valence-electron chi connectivity index (χ1n) is 6.61. The number of carbonyl (C=O) groups excluding carboxylic acids is 4. The molecule has 2 atom stereocenters. The van der Waals surface area contributed by atoms with Crippen LogP contribution < -0.4 is 5.32 Å². The first-order chi connectivity index (χ1) is 9.34. The number of nitrogens with one attached hydrogen (secondary N) is 1. The highest BCUT2D eigenvalue weighted by Crippen LogP contribution is 2.23. The van der Waals surface area contributed by atoms with Crippen LogP contribution in [0.2, 0.25) is 0 Å². The predicted octanol–water partition coefficient (Wildman–Crippen LogP) is 0.559. The molecule has 118 valence electrons. The van der Waals surface area contributed by atoms with Crippen LogP contribution in [0.25, 0.3) is 0 Å². The molecule has 0 aromatic rings. The monoisotopic (exact) mass is 299 g/mol. The minimum atomic E-state index is -1.45. The largest absolute Gasteiger partial charge is 0.447 e. The van der Waals surface area contributed by atoms with Crippen LogP contribution >= 0.6 is 0 Å². The number of ether oxygens (including phenoxy) is 2. The Labute approximate surface area is 123 Å². The van der Waals surface area contributed by atoms with E-state index in [4.69, 9.17) is 9.47 Å². The third-order valence-electron chi connectivity index (χ3n) is 2.73. The highest BCUT2D eigenvalue weighted by atomic mass is 16.6. The zero-order valence-corrected chi connectivity index (χ0v) is 13.1. The maximum Gasteiger partial charge on any atom is 0.312 e. The Balaban J connectivity index is 2.90. The maximum atomic E-state index is 11.8. The lowest BCUT2D eigenvalue weighted by atomic mass is 9.97. The summed E-state index contributed by atoms with van der Waals surface area (Å²) in [6.07, 6.45) is -2.90. The van der Waals surface area contributed by atoms with Crippen LogP contribution in [0, 0.1) is 10.8 Å². The van der Waals surface area contributed by atoms with Crippen molar-refractivity contribution >= 4 is 23.8 Å². The number of hydrogen-bond acceptors (Lipinski definition) is 6. The molecule has 0 bridgehead atoms. The minimum absolute atomic E-state index is 0.658. The summed E-state index contributed by atoms with van der Waals surface area (Å²) in [6, 6.07) is 0. The van der Waals surface area contributed by atoms with Crippen LogP contribution in [0.4, 0.5) is 0 Å². The first-order valence-corrected chi connectivity index (χ1v) is 6.61. The second-order valence-electron chi connectivity index (χ2n) is 7.01. The SMILES string of the molecule is CC(C)(C)C(=O)O[C@H]1C(=O)NC(=O)[C@@H]1OC(=O)C(C)(C)C. The molecule has 1 heterocycles. The molecule has 0 radical (unpaired) electrons. The van der Waals surface area contributed by atoms with Gasteiger partial charge in [-0.2, -0.15) is 0 Å². The molecule has 0 aromatic heterocycles. The molecule has 0 spiro atoms. The van der Waals surface area contributed by atoms with Crippen molar-refractivity contribution in [3.05, 3.63) is 0 Å². The van der Waals surface area contributed by atoms with Gasteiger partial charge in [-0.3, -0.25) is 24.5 Å². The Morgan fingerprint density at radius 3 is 1.33 bits per heavy atom. The molecule has 7 heteroatoms. The van der Waals surface area contributed by atoms with E-state index in [9.17, 15) is 19.2 Å². The molecular weight excluding hydrogens is 278 g/mol. The third-order valence-corrected chi connectivity index (χ3v) is 2.73. The van der Waals surface area contributed by atoms with Crippen LogP contribution in [0.15, 0.2) is 0 Å². The van der Waals surface area contributed by atoms with E-state index >= 15 is 0 Å². The third kappa shape index (κ3) is 4.03. The summed E-state index contributed by atoms with van der Waals surface area (Å²) < 4.78 is 10.1. The standard InChI is InChI=1S/C14H21NO6/c1-13(2,3)11(18)20-7-8(10(17)15-9(7)16)21-12(19)14(4,5)6/h7-8H,1-6H3,(H,15,16,17)/t7-,8-/m1/s1. The number of carbonyl (C=O) groups is 4. The van der Waals surface area contributed by atoms with Gasteiger partial charge in [0.05, 0.1) is 10.8 Å². The van der Waals surface area contributed by atoms with Gasteiger partial charge in [-0.05, 0) is 41.5 Å². The summed E-state index contributed by atoms with van der Waals surface area (Å²) in [5.74, 6) is -2.89. The molecule has 1 rings (SSSR count). The predicted molar refractivity (Wildman–Crippen MR) is 71.8 cm³/mol. The van der Waals surface area contributed by atoms with Crippen LogP contribution in [0.3, 0.4) is 0 Å². The topological polar surface area (TPSA) is 98.8 Å². The van der Waals surface area contributed by atoms with E-state index in [1.54, 1.807) is 41.5 Å². The fourth-order valence-electron chi connectivity index (χ4n) is 1.35. The minimum Gasteiger partial charge on any atom is -0.447 e. The molecular formula is C14H21NO6. The Kier molecular flexibility index (Phi) is 4.45. The number of rotatable bonds is 2. The van der Waals surface area contributed by atoms with Gasteiger partial charge in [0.2, 0.25) is 12.2 Å². The first kappa shape index (κ1) is 17.1. The van der Waals surface area contributed by atoms with E-state index in [-0.39, 0.29) is 0 Å². The maximum absolute atomic E-state index is 11.8.